The predicted molar refractivity (Wildman–Crippen MR) is 81.8 cm³/mol. The second-order valence-corrected chi connectivity index (χ2v) is 6.09. The Kier molecular flexibility index (Phi) is 4.10. The molecule has 21 heavy (non-hydrogen) atoms. The number of carbonyl (C=O) groups is 1. The van der Waals surface area contributed by atoms with Crippen LogP contribution in [-0.2, 0) is 6.42 Å². The number of pyridine rings is 1. The first-order valence-corrected chi connectivity index (χ1v) is 7.90. The van der Waals surface area contributed by atoms with E-state index in [1.54, 1.807) is 12.1 Å². The highest BCUT2D eigenvalue weighted by Crippen LogP contribution is 2.28. The van der Waals surface area contributed by atoms with Crippen LogP contribution in [0.4, 0.5) is 5.82 Å². The molecule has 0 radical (unpaired) electrons. The van der Waals surface area contributed by atoms with E-state index < -0.39 is 5.97 Å². The number of rotatable bonds is 4. The molecule has 0 aliphatic carbocycles. The Morgan fingerprint density at radius 3 is 3.05 bits per heavy atom. The van der Waals surface area contributed by atoms with Gasteiger partial charge in [-0.3, -0.25) is 0 Å². The molecule has 2 unspecified atom stereocenters. The zero-order valence-corrected chi connectivity index (χ0v) is 12.5. The van der Waals surface area contributed by atoms with Crippen molar-refractivity contribution >= 4 is 11.8 Å². The van der Waals surface area contributed by atoms with Crippen molar-refractivity contribution < 1.29 is 9.90 Å². The number of nitrogens with one attached hydrogen (secondary N) is 1. The number of anilines is 1. The average Bonchev–Trinajstić information content (AvgIpc) is 2.94. The topological polar surface area (TPSA) is 65.5 Å². The van der Waals surface area contributed by atoms with Gasteiger partial charge in [-0.1, -0.05) is 6.92 Å². The summed E-state index contributed by atoms with van der Waals surface area (Å²) in [6.45, 7) is 4.38. The van der Waals surface area contributed by atoms with Gasteiger partial charge in [-0.05, 0) is 50.8 Å². The van der Waals surface area contributed by atoms with Gasteiger partial charge in [0.2, 0.25) is 0 Å². The summed E-state index contributed by atoms with van der Waals surface area (Å²) >= 11 is 0. The number of piperidine rings is 1. The van der Waals surface area contributed by atoms with Crippen LogP contribution in [0.25, 0.3) is 0 Å². The van der Waals surface area contributed by atoms with E-state index in [-0.39, 0.29) is 0 Å². The van der Waals surface area contributed by atoms with Crippen LogP contribution in [0.1, 0.15) is 48.7 Å². The fourth-order valence-corrected chi connectivity index (χ4v) is 3.53. The van der Waals surface area contributed by atoms with Gasteiger partial charge in [-0.15, -0.1) is 0 Å². The van der Waals surface area contributed by atoms with Gasteiger partial charge in [-0.25, -0.2) is 9.78 Å². The summed E-state index contributed by atoms with van der Waals surface area (Å²) in [5.74, 6) is -0.177. The lowest BCUT2D eigenvalue weighted by Crippen LogP contribution is -2.42. The van der Waals surface area contributed by atoms with Gasteiger partial charge in [0.25, 0.3) is 0 Å². The minimum atomic E-state index is -0.888. The molecule has 2 N–H and O–H groups in total. The number of aromatic carboxylic acids is 1. The predicted octanol–water partition coefficient (Wildman–Crippen LogP) is 2.38. The maximum atomic E-state index is 11.2. The molecule has 0 amide bonds. The molecule has 5 nitrogen and oxygen atoms in total. The van der Waals surface area contributed by atoms with E-state index in [1.165, 1.54) is 19.4 Å². The molecular formula is C16H23N3O2. The molecule has 5 heteroatoms. The highest BCUT2D eigenvalue weighted by molar-refractivity contribution is 5.88. The van der Waals surface area contributed by atoms with Crippen LogP contribution in [0.3, 0.4) is 0 Å². The molecule has 0 spiro atoms. The largest absolute Gasteiger partial charge is 0.478 e. The van der Waals surface area contributed by atoms with E-state index in [1.807, 2.05) is 6.92 Å². The molecule has 2 saturated heterocycles. The maximum absolute atomic E-state index is 11.2. The lowest BCUT2D eigenvalue weighted by Gasteiger charge is -2.35. The molecule has 2 atom stereocenters. The Hall–Kier alpha value is -1.62. The summed E-state index contributed by atoms with van der Waals surface area (Å²) in [5.41, 5.74) is 1.15. The SMILES string of the molecule is CCc1cc(C(=O)O)cc(NC2CCN3CCCC3C2)n1. The Labute approximate surface area is 125 Å². The number of nitrogens with zero attached hydrogens (tertiary/aromatic N) is 2. The molecule has 2 fully saturated rings. The van der Waals surface area contributed by atoms with Crippen molar-refractivity contribution in [3.05, 3.63) is 23.4 Å². The van der Waals surface area contributed by atoms with Gasteiger partial charge in [0.15, 0.2) is 0 Å². The van der Waals surface area contributed by atoms with E-state index in [2.05, 4.69) is 15.2 Å². The number of aromatic nitrogens is 1. The molecule has 2 aliphatic rings. The average molecular weight is 289 g/mol. The minimum Gasteiger partial charge on any atom is -0.478 e. The summed E-state index contributed by atoms with van der Waals surface area (Å²) in [5, 5.41) is 12.7. The van der Waals surface area contributed by atoms with Crippen LogP contribution in [0, 0.1) is 0 Å². The zero-order chi connectivity index (χ0) is 14.8. The van der Waals surface area contributed by atoms with Crippen molar-refractivity contribution in [1.82, 2.24) is 9.88 Å². The van der Waals surface area contributed by atoms with E-state index in [0.717, 1.165) is 31.5 Å². The molecule has 1 aromatic rings. The second kappa shape index (κ2) is 6.02. The van der Waals surface area contributed by atoms with Crippen LogP contribution in [0.2, 0.25) is 0 Å². The van der Waals surface area contributed by atoms with E-state index in [9.17, 15) is 9.90 Å². The molecule has 114 valence electrons. The smallest absolute Gasteiger partial charge is 0.335 e. The van der Waals surface area contributed by atoms with Gasteiger partial charge < -0.3 is 15.3 Å². The number of carboxylic acid groups (broad SMARTS) is 1. The fraction of sp³-hybridized carbons (Fsp3) is 0.625. The third-order valence-electron chi connectivity index (χ3n) is 4.66. The zero-order valence-electron chi connectivity index (χ0n) is 12.5. The van der Waals surface area contributed by atoms with Crippen LogP contribution < -0.4 is 5.32 Å². The van der Waals surface area contributed by atoms with Crippen molar-refractivity contribution in [2.24, 2.45) is 0 Å². The van der Waals surface area contributed by atoms with E-state index in [0.29, 0.717) is 23.5 Å². The third-order valence-corrected chi connectivity index (χ3v) is 4.66. The number of hydrogen-bond acceptors (Lipinski definition) is 4. The van der Waals surface area contributed by atoms with Gasteiger partial charge >= 0.3 is 5.97 Å². The van der Waals surface area contributed by atoms with E-state index in [4.69, 9.17) is 0 Å². The molecule has 0 bridgehead atoms. The summed E-state index contributed by atoms with van der Waals surface area (Å²) in [4.78, 5) is 18.3. The van der Waals surface area contributed by atoms with Crippen LogP contribution in [0.5, 0.6) is 0 Å². The molecule has 0 saturated carbocycles. The fourth-order valence-electron chi connectivity index (χ4n) is 3.53. The molecule has 0 aromatic carbocycles. The van der Waals surface area contributed by atoms with Crippen molar-refractivity contribution in [1.29, 1.82) is 0 Å². The van der Waals surface area contributed by atoms with Gasteiger partial charge in [-0.2, -0.15) is 0 Å². The first kappa shape index (κ1) is 14.3. The lowest BCUT2D eigenvalue weighted by molar-refractivity contribution is 0.0696. The normalized spacial score (nSPS) is 25.6. The summed E-state index contributed by atoms with van der Waals surface area (Å²) in [6.07, 6.45) is 5.60. The van der Waals surface area contributed by atoms with Gasteiger partial charge in [0, 0.05) is 24.3 Å². The minimum absolute atomic E-state index is 0.322. The first-order chi connectivity index (χ1) is 10.2. The van der Waals surface area contributed by atoms with Crippen molar-refractivity contribution in [3.63, 3.8) is 0 Å². The Balaban J connectivity index is 1.72. The highest BCUT2D eigenvalue weighted by Gasteiger charge is 2.31. The molecule has 3 rings (SSSR count). The summed E-state index contributed by atoms with van der Waals surface area (Å²) < 4.78 is 0. The molecular weight excluding hydrogens is 266 g/mol. The Morgan fingerprint density at radius 2 is 2.29 bits per heavy atom. The second-order valence-electron chi connectivity index (χ2n) is 6.09. The van der Waals surface area contributed by atoms with Gasteiger partial charge in [0.05, 0.1) is 5.56 Å². The number of carboxylic acids is 1. The Morgan fingerprint density at radius 1 is 1.43 bits per heavy atom. The summed E-state index contributed by atoms with van der Waals surface area (Å²) in [6, 6.07) is 4.42. The monoisotopic (exact) mass is 289 g/mol. The molecule has 1 aromatic heterocycles. The van der Waals surface area contributed by atoms with Crippen molar-refractivity contribution in [3.8, 4) is 0 Å². The number of hydrogen-bond donors (Lipinski definition) is 2. The summed E-state index contributed by atoms with van der Waals surface area (Å²) in [7, 11) is 0. The number of aryl methyl sites for hydroxylation is 1. The lowest BCUT2D eigenvalue weighted by atomic mass is 9.97. The van der Waals surface area contributed by atoms with Gasteiger partial charge in [0.1, 0.15) is 5.82 Å². The Bertz CT molecular complexity index is 532. The highest BCUT2D eigenvalue weighted by atomic mass is 16.4. The standard InChI is InChI=1S/C16H23N3O2/c1-2-12-8-11(16(20)21)9-15(17-12)18-13-5-7-19-6-3-4-14(19)10-13/h8-9,13-14H,2-7,10H2,1H3,(H,17,18)(H,20,21). The van der Waals surface area contributed by atoms with E-state index >= 15 is 0 Å². The maximum Gasteiger partial charge on any atom is 0.335 e. The quantitative estimate of drug-likeness (QED) is 0.891. The first-order valence-electron chi connectivity index (χ1n) is 7.90. The van der Waals surface area contributed by atoms with Crippen molar-refractivity contribution in [2.75, 3.05) is 18.4 Å². The third kappa shape index (κ3) is 3.18. The van der Waals surface area contributed by atoms with Crippen LogP contribution in [-0.4, -0.2) is 46.1 Å². The molecule has 2 aliphatic heterocycles. The van der Waals surface area contributed by atoms with Crippen LogP contribution >= 0.6 is 0 Å². The molecule has 3 heterocycles. The number of fused-ring (bicyclic) bond motifs is 1. The van der Waals surface area contributed by atoms with Crippen LogP contribution in [0.15, 0.2) is 12.1 Å². The van der Waals surface area contributed by atoms with Crippen molar-refractivity contribution in [2.45, 2.75) is 51.1 Å².